The molecule has 0 aliphatic carbocycles. The minimum absolute atomic E-state index is 0.718. The molecule has 3 nitrogen and oxygen atoms in total. The Balaban J connectivity index is 2.01. The van der Waals surface area contributed by atoms with Gasteiger partial charge in [0.1, 0.15) is 5.52 Å². The molecule has 3 aromatic heterocycles. The summed E-state index contributed by atoms with van der Waals surface area (Å²) in [5.74, 6) is 0. The second-order valence-electron chi connectivity index (χ2n) is 6.50. The normalized spacial score (nSPS) is 12.0. The Bertz CT molecular complexity index is 1500. The number of pyridine rings is 2. The number of halogens is 1. The molecule has 122 valence electrons. The zero-order valence-corrected chi connectivity index (χ0v) is 14.4. The second-order valence-corrected chi connectivity index (χ2v) is 6.93. The Morgan fingerprint density at radius 3 is 2.42 bits per heavy atom. The fourth-order valence-corrected chi connectivity index (χ4v) is 4.01. The van der Waals surface area contributed by atoms with Gasteiger partial charge < -0.3 is 0 Å². The molecule has 6 aromatic rings. The number of nitrogens with zero attached hydrogens (tertiary/aromatic N) is 3. The van der Waals surface area contributed by atoms with Crippen LogP contribution in [0.2, 0.25) is 5.02 Å². The predicted octanol–water partition coefficient (Wildman–Crippen LogP) is 6.00. The first kappa shape index (κ1) is 14.0. The number of hydrogen-bond donors (Lipinski definition) is 0. The van der Waals surface area contributed by atoms with Crippen molar-refractivity contribution in [3.8, 4) is 0 Å². The molecule has 6 rings (SSSR count). The Labute approximate surface area is 153 Å². The minimum Gasteiger partial charge on any atom is -0.290 e. The average molecular weight is 354 g/mol. The van der Waals surface area contributed by atoms with E-state index in [0.717, 1.165) is 54.4 Å². The van der Waals surface area contributed by atoms with E-state index in [9.17, 15) is 0 Å². The highest BCUT2D eigenvalue weighted by molar-refractivity contribution is 6.32. The quantitative estimate of drug-likeness (QED) is 0.248. The van der Waals surface area contributed by atoms with Crippen molar-refractivity contribution in [3.05, 3.63) is 77.8 Å². The van der Waals surface area contributed by atoms with E-state index in [-0.39, 0.29) is 0 Å². The fraction of sp³-hybridized carbons (Fsp3) is 0. The fourth-order valence-electron chi connectivity index (χ4n) is 3.84. The molecule has 0 atom stereocenters. The molecule has 0 spiro atoms. The third kappa shape index (κ3) is 1.78. The van der Waals surface area contributed by atoms with Gasteiger partial charge in [0.15, 0.2) is 5.65 Å². The lowest BCUT2D eigenvalue weighted by Crippen LogP contribution is -1.94. The van der Waals surface area contributed by atoms with E-state index in [0.29, 0.717) is 0 Å². The van der Waals surface area contributed by atoms with Gasteiger partial charge in [-0.2, -0.15) is 0 Å². The third-order valence-corrected chi connectivity index (χ3v) is 5.22. The van der Waals surface area contributed by atoms with Gasteiger partial charge in [-0.05, 0) is 42.5 Å². The first-order valence-electron chi connectivity index (χ1n) is 8.47. The Kier molecular flexibility index (Phi) is 2.66. The Morgan fingerprint density at radius 1 is 0.692 bits per heavy atom. The van der Waals surface area contributed by atoms with Crippen molar-refractivity contribution in [1.29, 1.82) is 0 Å². The molecule has 0 saturated carbocycles. The van der Waals surface area contributed by atoms with Gasteiger partial charge in [-0.1, -0.05) is 41.9 Å². The molecule has 0 bridgehead atoms. The number of aromatic nitrogens is 3. The van der Waals surface area contributed by atoms with Crippen LogP contribution < -0.4 is 0 Å². The maximum absolute atomic E-state index is 6.34. The summed E-state index contributed by atoms with van der Waals surface area (Å²) in [7, 11) is 0. The van der Waals surface area contributed by atoms with Gasteiger partial charge in [0.2, 0.25) is 0 Å². The lowest BCUT2D eigenvalue weighted by Gasteiger charge is -2.10. The molecule has 0 unspecified atom stereocenters. The summed E-state index contributed by atoms with van der Waals surface area (Å²) in [6, 6.07) is 24.6. The number of imidazole rings is 1. The second kappa shape index (κ2) is 4.93. The summed E-state index contributed by atoms with van der Waals surface area (Å²) < 4.78 is 2.19. The Morgan fingerprint density at radius 2 is 1.50 bits per heavy atom. The van der Waals surface area contributed by atoms with E-state index >= 15 is 0 Å². The van der Waals surface area contributed by atoms with Gasteiger partial charge in [0.05, 0.1) is 22.1 Å². The molecule has 0 aliphatic heterocycles. The summed E-state index contributed by atoms with van der Waals surface area (Å²) in [5.41, 5.74) is 5.87. The first-order chi connectivity index (χ1) is 12.8. The number of benzene rings is 3. The number of para-hydroxylation sites is 3. The van der Waals surface area contributed by atoms with Gasteiger partial charge in [-0.3, -0.25) is 4.40 Å². The lowest BCUT2D eigenvalue weighted by molar-refractivity contribution is 1.30. The molecule has 0 N–H and O–H groups in total. The molecule has 0 aliphatic rings. The SMILES string of the molecule is Clc1ccc2c(c1)c1cc3ccccc3nc1c1nc3ccccc3n21. The zero-order chi connectivity index (χ0) is 17.3. The van der Waals surface area contributed by atoms with Crippen molar-refractivity contribution in [2.45, 2.75) is 0 Å². The van der Waals surface area contributed by atoms with Crippen LogP contribution in [0, 0.1) is 0 Å². The Hall–Kier alpha value is -3.17. The van der Waals surface area contributed by atoms with Crippen LogP contribution in [0.4, 0.5) is 0 Å². The monoisotopic (exact) mass is 353 g/mol. The van der Waals surface area contributed by atoms with Gasteiger partial charge in [-0.25, -0.2) is 9.97 Å². The highest BCUT2D eigenvalue weighted by Gasteiger charge is 2.15. The molecule has 0 amide bonds. The van der Waals surface area contributed by atoms with Crippen LogP contribution in [0.1, 0.15) is 0 Å². The van der Waals surface area contributed by atoms with Crippen LogP contribution in [0.25, 0.3) is 49.4 Å². The minimum atomic E-state index is 0.718. The van der Waals surface area contributed by atoms with Crippen molar-refractivity contribution in [2.75, 3.05) is 0 Å². The third-order valence-electron chi connectivity index (χ3n) is 4.99. The topological polar surface area (TPSA) is 30.2 Å². The molecule has 0 fully saturated rings. The van der Waals surface area contributed by atoms with E-state index in [1.165, 1.54) is 0 Å². The predicted molar refractivity (Wildman–Crippen MR) is 108 cm³/mol. The molecule has 4 heteroatoms. The number of rotatable bonds is 0. The van der Waals surface area contributed by atoms with Gasteiger partial charge in [0.25, 0.3) is 0 Å². The van der Waals surface area contributed by atoms with Gasteiger partial charge in [-0.15, -0.1) is 0 Å². The maximum Gasteiger partial charge on any atom is 0.165 e. The first-order valence-corrected chi connectivity index (χ1v) is 8.85. The molecule has 3 heterocycles. The van der Waals surface area contributed by atoms with Crippen LogP contribution in [-0.4, -0.2) is 14.4 Å². The van der Waals surface area contributed by atoms with E-state index < -0.39 is 0 Å². The molecule has 26 heavy (non-hydrogen) atoms. The molecule has 0 radical (unpaired) electrons. The molecule has 0 saturated heterocycles. The van der Waals surface area contributed by atoms with Crippen LogP contribution in [-0.2, 0) is 0 Å². The van der Waals surface area contributed by atoms with Gasteiger partial charge >= 0.3 is 0 Å². The van der Waals surface area contributed by atoms with Crippen molar-refractivity contribution in [2.24, 2.45) is 0 Å². The van der Waals surface area contributed by atoms with Crippen molar-refractivity contribution >= 4 is 61.0 Å². The summed E-state index contributed by atoms with van der Waals surface area (Å²) in [4.78, 5) is 9.84. The standard InChI is InChI=1S/C22H12ClN3/c23-14-9-10-19-15(12-14)16-11-13-5-1-2-6-17(13)24-21(16)22-25-18-7-3-4-8-20(18)26(19)22/h1-12H. The van der Waals surface area contributed by atoms with Crippen molar-refractivity contribution in [1.82, 2.24) is 14.4 Å². The maximum atomic E-state index is 6.34. The van der Waals surface area contributed by atoms with Crippen molar-refractivity contribution < 1.29 is 0 Å². The summed E-state index contributed by atoms with van der Waals surface area (Å²) in [6.45, 7) is 0. The summed E-state index contributed by atoms with van der Waals surface area (Å²) in [6.07, 6.45) is 0. The smallest absolute Gasteiger partial charge is 0.165 e. The van der Waals surface area contributed by atoms with E-state index in [1.54, 1.807) is 0 Å². The molecule has 3 aromatic carbocycles. The average Bonchev–Trinajstić information content (AvgIpc) is 3.07. The molecular weight excluding hydrogens is 342 g/mol. The van der Waals surface area contributed by atoms with Crippen LogP contribution in [0.3, 0.4) is 0 Å². The highest BCUT2D eigenvalue weighted by Crippen LogP contribution is 2.34. The van der Waals surface area contributed by atoms with Crippen molar-refractivity contribution in [3.63, 3.8) is 0 Å². The van der Waals surface area contributed by atoms with Gasteiger partial charge in [0, 0.05) is 21.2 Å². The summed E-state index contributed by atoms with van der Waals surface area (Å²) >= 11 is 6.34. The van der Waals surface area contributed by atoms with Crippen LogP contribution in [0.5, 0.6) is 0 Å². The van der Waals surface area contributed by atoms with E-state index in [2.05, 4.69) is 28.7 Å². The lowest BCUT2D eigenvalue weighted by atomic mass is 10.1. The van der Waals surface area contributed by atoms with Crippen LogP contribution in [0.15, 0.2) is 72.8 Å². The number of fused-ring (bicyclic) bond motifs is 9. The zero-order valence-electron chi connectivity index (χ0n) is 13.6. The van der Waals surface area contributed by atoms with E-state index in [4.69, 9.17) is 21.6 Å². The van der Waals surface area contributed by atoms with E-state index in [1.807, 2.05) is 48.5 Å². The molecular formula is C22H12ClN3. The number of hydrogen-bond acceptors (Lipinski definition) is 2. The summed E-state index contributed by atoms with van der Waals surface area (Å²) in [5, 5.41) is 3.99. The highest BCUT2D eigenvalue weighted by atomic mass is 35.5. The largest absolute Gasteiger partial charge is 0.290 e. The van der Waals surface area contributed by atoms with Crippen LogP contribution >= 0.6 is 11.6 Å².